The highest BCUT2D eigenvalue weighted by atomic mass is 19.1. The van der Waals surface area contributed by atoms with E-state index in [1.165, 1.54) is 12.1 Å². The van der Waals surface area contributed by atoms with E-state index in [2.05, 4.69) is 22.1 Å². The number of amides is 1. The quantitative estimate of drug-likeness (QED) is 0.361. The van der Waals surface area contributed by atoms with Gasteiger partial charge < -0.3 is 9.80 Å². The Bertz CT molecular complexity index is 1550. The summed E-state index contributed by atoms with van der Waals surface area (Å²) >= 11 is 0. The van der Waals surface area contributed by atoms with E-state index in [1.54, 1.807) is 17.0 Å². The van der Waals surface area contributed by atoms with Crippen molar-refractivity contribution in [3.63, 3.8) is 0 Å². The highest BCUT2D eigenvalue weighted by molar-refractivity contribution is 5.94. The molecule has 8 heteroatoms. The second-order valence-corrected chi connectivity index (χ2v) is 9.04. The molecule has 0 saturated carbocycles. The van der Waals surface area contributed by atoms with Gasteiger partial charge in [-0.15, -0.1) is 0 Å². The number of rotatable bonds is 5. The highest BCUT2D eigenvalue weighted by Gasteiger charge is 2.26. The number of halogens is 1. The maximum atomic E-state index is 13.6. The summed E-state index contributed by atoms with van der Waals surface area (Å²) in [4.78, 5) is 26.8. The molecule has 0 spiro atoms. The minimum absolute atomic E-state index is 0.159. The Kier molecular flexibility index (Phi) is 6.06. The van der Waals surface area contributed by atoms with Gasteiger partial charge in [0.05, 0.1) is 17.3 Å². The molecule has 3 heterocycles. The average Bonchev–Trinajstić information content (AvgIpc) is 3.37. The topological polar surface area (TPSA) is 67.2 Å². The van der Waals surface area contributed by atoms with E-state index in [4.69, 9.17) is 9.97 Å². The van der Waals surface area contributed by atoms with Gasteiger partial charge in [0, 0.05) is 38.2 Å². The van der Waals surface area contributed by atoms with Crippen LogP contribution < -0.4 is 4.90 Å². The van der Waals surface area contributed by atoms with Gasteiger partial charge in [-0.3, -0.25) is 4.79 Å². The van der Waals surface area contributed by atoms with Gasteiger partial charge in [0.2, 0.25) is 0 Å². The number of aromatic nitrogens is 4. The lowest BCUT2D eigenvalue weighted by atomic mass is 10.1. The van der Waals surface area contributed by atoms with Crippen molar-refractivity contribution in [2.45, 2.75) is 6.42 Å². The molecular formula is C29H25FN6O. The number of benzene rings is 3. The number of piperazine rings is 1. The summed E-state index contributed by atoms with van der Waals surface area (Å²) < 4.78 is 15.5. The zero-order valence-electron chi connectivity index (χ0n) is 20.2. The Balaban J connectivity index is 1.32. The summed E-state index contributed by atoms with van der Waals surface area (Å²) in [5.41, 5.74) is 3.18. The molecule has 1 amide bonds. The van der Waals surface area contributed by atoms with Crippen LogP contribution in [0.1, 0.15) is 21.7 Å². The van der Waals surface area contributed by atoms with E-state index < -0.39 is 5.82 Å². The first-order valence-electron chi connectivity index (χ1n) is 12.3. The molecule has 1 aliphatic rings. The zero-order valence-corrected chi connectivity index (χ0v) is 20.2. The number of fused-ring (bicyclic) bond motifs is 1. The summed E-state index contributed by atoms with van der Waals surface area (Å²) in [6.07, 6.45) is 2.41. The molecule has 1 fully saturated rings. The van der Waals surface area contributed by atoms with E-state index in [-0.39, 0.29) is 5.91 Å². The number of nitrogens with zero attached hydrogens (tertiary/aromatic N) is 6. The summed E-state index contributed by atoms with van der Waals surface area (Å²) in [5.74, 6) is 0.962. The van der Waals surface area contributed by atoms with Gasteiger partial charge in [-0.2, -0.15) is 5.10 Å². The van der Waals surface area contributed by atoms with Crippen molar-refractivity contribution in [3.8, 4) is 5.69 Å². The molecule has 0 atom stereocenters. The fourth-order valence-electron chi connectivity index (χ4n) is 4.72. The van der Waals surface area contributed by atoms with E-state index in [1.807, 2.05) is 59.4 Å². The van der Waals surface area contributed by atoms with Gasteiger partial charge in [-0.05, 0) is 35.9 Å². The molecule has 7 nitrogen and oxygen atoms in total. The van der Waals surface area contributed by atoms with Gasteiger partial charge in [-0.25, -0.2) is 19.0 Å². The number of para-hydroxylation sites is 1. The van der Waals surface area contributed by atoms with Crippen molar-refractivity contribution in [2.75, 3.05) is 31.1 Å². The predicted octanol–water partition coefficient (Wildman–Crippen LogP) is 4.51. The van der Waals surface area contributed by atoms with Crippen molar-refractivity contribution in [2.24, 2.45) is 0 Å². The zero-order chi connectivity index (χ0) is 25.2. The van der Waals surface area contributed by atoms with E-state index >= 15 is 0 Å². The van der Waals surface area contributed by atoms with Crippen molar-refractivity contribution < 1.29 is 9.18 Å². The second kappa shape index (κ2) is 9.81. The maximum absolute atomic E-state index is 13.6. The third-order valence-corrected chi connectivity index (χ3v) is 6.60. The third kappa shape index (κ3) is 4.65. The monoisotopic (exact) mass is 492 g/mol. The first kappa shape index (κ1) is 22.8. The molecule has 0 radical (unpaired) electrons. The highest BCUT2D eigenvalue weighted by Crippen LogP contribution is 2.27. The molecule has 5 aromatic rings. The lowest BCUT2D eigenvalue weighted by Crippen LogP contribution is -2.49. The lowest BCUT2D eigenvalue weighted by Gasteiger charge is -2.35. The van der Waals surface area contributed by atoms with Gasteiger partial charge in [-0.1, -0.05) is 54.6 Å². The molecule has 6 rings (SSSR count). The lowest BCUT2D eigenvalue weighted by molar-refractivity contribution is 0.0746. The molecule has 0 N–H and O–H groups in total. The van der Waals surface area contributed by atoms with E-state index in [9.17, 15) is 9.18 Å². The fraction of sp³-hybridized carbons (Fsp3) is 0.172. The molecular weight excluding hydrogens is 467 g/mol. The van der Waals surface area contributed by atoms with Crippen LogP contribution in [0.4, 0.5) is 10.2 Å². The smallest absolute Gasteiger partial charge is 0.254 e. The van der Waals surface area contributed by atoms with Crippen LogP contribution in [0.2, 0.25) is 0 Å². The fourth-order valence-corrected chi connectivity index (χ4v) is 4.72. The number of anilines is 1. The molecule has 2 aromatic heterocycles. The molecule has 0 bridgehead atoms. The SMILES string of the molecule is O=C(c1cccc(F)c1)N1CCN(c2nc(Cc3ccccc3)nc3c2cnn3-c2ccccc2)CC1. The van der Waals surface area contributed by atoms with Crippen LogP contribution in [-0.4, -0.2) is 56.7 Å². The van der Waals surface area contributed by atoms with Crippen LogP contribution in [0.15, 0.2) is 91.1 Å². The molecule has 1 saturated heterocycles. The minimum atomic E-state index is -0.408. The molecule has 3 aromatic carbocycles. The predicted molar refractivity (Wildman–Crippen MR) is 140 cm³/mol. The molecule has 0 aliphatic carbocycles. The van der Waals surface area contributed by atoms with Gasteiger partial charge >= 0.3 is 0 Å². The van der Waals surface area contributed by atoms with Gasteiger partial charge in [0.15, 0.2) is 5.65 Å². The van der Waals surface area contributed by atoms with Gasteiger partial charge in [0.25, 0.3) is 5.91 Å². The van der Waals surface area contributed by atoms with Crippen LogP contribution >= 0.6 is 0 Å². The van der Waals surface area contributed by atoms with Crippen LogP contribution in [0.25, 0.3) is 16.7 Å². The summed E-state index contributed by atoms with van der Waals surface area (Å²) in [5, 5.41) is 5.51. The maximum Gasteiger partial charge on any atom is 0.254 e. The van der Waals surface area contributed by atoms with Crippen molar-refractivity contribution >= 4 is 22.8 Å². The number of hydrogen-bond donors (Lipinski definition) is 0. The second-order valence-electron chi connectivity index (χ2n) is 9.04. The van der Waals surface area contributed by atoms with Crippen LogP contribution in [0.5, 0.6) is 0 Å². The molecule has 184 valence electrons. The summed E-state index contributed by atoms with van der Waals surface area (Å²) in [7, 11) is 0. The Hall–Kier alpha value is -4.59. The van der Waals surface area contributed by atoms with E-state index in [0.717, 1.165) is 28.1 Å². The first-order chi connectivity index (χ1) is 18.2. The number of carbonyl (C=O) groups is 1. The van der Waals surface area contributed by atoms with Crippen molar-refractivity contribution in [1.29, 1.82) is 0 Å². The molecule has 37 heavy (non-hydrogen) atoms. The average molecular weight is 493 g/mol. The third-order valence-electron chi connectivity index (χ3n) is 6.60. The van der Waals surface area contributed by atoms with Crippen LogP contribution in [-0.2, 0) is 6.42 Å². The Labute approximate surface area is 213 Å². The van der Waals surface area contributed by atoms with Crippen molar-refractivity contribution in [3.05, 3.63) is 114 Å². The van der Waals surface area contributed by atoms with Crippen LogP contribution in [0.3, 0.4) is 0 Å². The Morgan fingerprint density at radius 3 is 2.30 bits per heavy atom. The minimum Gasteiger partial charge on any atom is -0.352 e. The number of hydrogen-bond acceptors (Lipinski definition) is 5. The van der Waals surface area contributed by atoms with Crippen molar-refractivity contribution in [1.82, 2.24) is 24.6 Å². The largest absolute Gasteiger partial charge is 0.352 e. The normalized spacial score (nSPS) is 13.8. The first-order valence-corrected chi connectivity index (χ1v) is 12.3. The van der Waals surface area contributed by atoms with E-state index in [0.29, 0.717) is 44.0 Å². The summed E-state index contributed by atoms with van der Waals surface area (Å²) in [6, 6.07) is 25.9. The standard InChI is InChI=1S/C29H25FN6O/c30-23-11-7-10-22(19-23)29(37)35-16-14-34(15-17-35)27-25-20-31-36(24-12-5-2-6-13-24)28(25)33-26(32-27)18-21-8-3-1-4-9-21/h1-13,19-20H,14-18H2. The summed E-state index contributed by atoms with van der Waals surface area (Å²) in [6.45, 7) is 2.24. The van der Waals surface area contributed by atoms with Crippen LogP contribution in [0, 0.1) is 5.82 Å². The van der Waals surface area contributed by atoms with Gasteiger partial charge in [0.1, 0.15) is 17.5 Å². The Morgan fingerprint density at radius 1 is 0.838 bits per heavy atom. The molecule has 1 aliphatic heterocycles. The number of carbonyl (C=O) groups excluding carboxylic acids is 1. The molecule has 0 unspecified atom stereocenters. The Morgan fingerprint density at radius 2 is 1.57 bits per heavy atom.